The molecule has 0 bridgehead atoms. The number of nitrogens with one attached hydrogen (secondary N) is 2. The van der Waals surface area contributed by atoms with Crippen LogP contribution in [0.4, 0.5) is 27.5 Å². The van der Waals surface area contributed by atoms with Crippen LogP contribution < -0.4 is 25.0 Å². The Labute approximate surface area is 250 Å². The number of hydrogen-bond acceptors (Lipinski definition) is 8. The van der Waals surface area contributed by atoms with Crippen LogP contribution in [0, 0.1) is 11.3 Å². The number of hydrogen-bond donors (Lipinski definition) is 2. The molecule has 12 heteroatoms. The minimum absolute atomic E-state index is 0.0254. The van der Waals surface area contributed by atoms with Gasteiger partial charge in [-0.25, -0.2) is 9.78 Å². The normalized spacial score (nSPS) is 15.9. The Balaban J connectivity index is 1.20. The van der Waals surface area contributed by atoms with Gasteiger partial charge in [0.25, 0.3) is 5.91 Å². The molecule has 0 saturated carbocycles. The van der Waals surface area contributed by atoms with Crippen LogP contribution in [0.15, 0.2) is 42.6 Å². The average Bonchev–Trinajstić information content (AvgIpc) is 3.64. The Hall–Kier alpha value is -4.37. The summed E-state index contributed by atoms with van der Waals surface area (Å²) in [6.45, 7) is 3.33. The maximum atomic E-state index is 13.7. The van der Waals surface area contributed by atoms with Gasteiger partial charge >= 0.3 is 6.03 Å². The number of pyridine rings is 1. The van der Waals surface area contributed by atoms with Crippen LogP contribution in [-0.4, -0.2) is 48.2 Å². The van der Waals surface area contributed by atoms with Gasteiger partial charge in [-0.1, -0.05) is 30.2 Å². The topological polar surface area (TPSA) is 120 Å². The van der Waals surface area contributed by atoms with Crippen molar-refractivity contribution in [2.75, 3.05) is 42.0 Å². The lowest BCUT2D eigenvalue weighted by Crippen LogP contribution is -2.35. The highest BCUT2D eigenvalue weighted by Crippen LogP contribution is 2.53. The number of carbonyl (C=O) groups is 2. The Morgan fingerprint density at radius 2 is 1.93 bits per heavy atom. The molecule has 0 atom stereocenters. The molecule has 212 valence electrons. The minimum atomic E-state index is -0.595. The smallest absolute Gasteiger partial charge is 0.331 e. The third kappa shape index (κ3) is 4.58. The molecule has 7 rings (SSSR count). The van der Waals surface area contributed by atoms with Gasteiger partial charge in [-0.3, -0.25) is 9.69 Å². The van der Waals surface area contributed by atoms with Gasteiger partial charge in [0, 0.05) is 18.4 Å². The summed E-state index contributed by atoms with van der Waals surface area (Å²) < 4.78 is 11.1. The molecule has 3 aliphatic rings. The number of carbonyl (C=O) groups excluding carboxylic acids is 2. The van der Waals surface area contributed by atoms with E-state index in [0.717, 1.165) is 37.4 Å². The summed E-state index contributed by atoms with van der Waals surface area (Å²) in [5.74, 6) is 0.338. The highest BCUT2D eigenvalue weighted by atomic mass is 35.5. The first-order valence-corrected chi connectivity index (χ1v) is 14.9. The maximum absolute atomic E-state index is 13.7. The fraction of sp³-hybridized carbons (Fsp3) is 0.267. The number of aromatic nitrogens is 1. The van der Waals surface area contributed by atoms with Gasteiger partial charge in [-0.2, -0.15) is 5.26 Å². The molecule has 2 aromatic carbocycles. The number of piperidine rings is 1. The van der Waals surface area contributed by atoms with Crippen molar-refractivity contribution in [3.63, 3.8) is 0 Å². The van der Waals surface area contributed by atoms with E-state index in [1.807, 2.05) is 24.3 Å². The third-order valence-electron chi connectivity index (χ3n) is 7.74. The number of ether oxygens (including phenoxy) is 2. The number of urea groups is 1. The number of rotatable bonds is 6. The highest BCUT2D eigenvalue weighted by molar-refractivity contribution is 7.21. The van der Waals surface area contributed by atoms with E-state index in [0.29, 0.717) is 33.1 Å². The van der Waals surface area contributed by atoms with E-state index < -0.39 is 6.03 Å². The van der Waals surface area contributed by atoms with E-state index in [-0.39, 0.29) is 39.5 Å². The largest absolute Gasteiger partial charge is 0.454 e. The third-order valence-corrected chi connectivity index (χ3v) is 9.14. The molecule has 1 saturated heterocycles. The lowest BCUT2D eigenvalue weighted by molar-refractivity contribution is 0.103. The molecule has 2 aromatic heterocycles. The molecule has 5 heterocycles. The number of likely N-dealkylation sites (tertiary alicyclic amines) is 1. The van der Waals surface area contributed by atoms with Crippen LogP contribution in [0.3, 0.4) is 0 Å². The summed E-state index contributed by atoms with van der Waals surface area (Å²) in [6, 6.07) is 12.6. The summed E-state index contributed by atoms with van der Waals surface area (Å²) in [6.07, 6.45) is 6.20. The number of nitrogens with zero attached hydrogens (tertiary/aromatic N) is 4. The number of thiophene rings is 1. The first kappa shape index (κ1) is 26.5. The van der Waals surface area contributed by atoms with Crippen molar-refractivity contribution in [1.29, 1.82) is 5.26 Å². The Bertz CT molecular complexity index is 1780. The maximum Gasteiger partial charge on any atom is 0.331 e. The fourth-order valence-corrected chi connectivity index (χ4v) is 6.91. The van der Waals surface area contributed by atoms with E-state index in [1.165, 1.54) is 35.9 Å². The zero-order valence-electron chi connectivity index (χ0n) is 22.4. The van der Waals surface area contributed by atoms with Crippen molar-refractivity contribution >= 4 is 67.8 Å². The molecular formula is C30H25ClN6O4S. The zero-order chi connectivity index (χ0) is 28.8. The SMILES string of the molecule is N#Cc1cnc2sc(C(=O)Nc3ccc(CCN4CCCCC4)cc3)c3c2c1N(c1c(Cl)ccc2c1OCO2)C(=O)N3. The molecule has 42 heavy (non-hydrogen) atoms. The van der Waals surface area contributed by atoms with Crippen LogP contribution in [-0.2, 0) is 6.42 Å². The number of benzene rings is 2. The molecule has 2 N–H and O–H groups in total. The molecular weight excluding hydrogens is 576 g/mol. The molecule has 1 fully saturated rings. The summed E-state index contributed by atoms with van der Waals surface area (Å²) in [5.41, 5.74) is 2.83. The quantitative estimate of drug-likeness (QED) is 0.259. The fourth-order valence-electron chi connectivity index (χ4n) is 5.67. The Morgan fingerprint density at radius 3 is 2.71 bits per heavy atom. The summed E-state index contributed by atoms with van der Waals surface area (Å²) in [4.78, 5) is 36.2. The first-order chi connectivity index (χ1) is 20.5. The average molecular weight is 601 g/mol. The predicted octanol–water partition coefficient (Wildman–Crippen LogP) is 6.51. The second-order valence-corrected chi connectivity index (χ2v) is 11.7. The summed E-state index contributed by atoms with van der Waals surface area (Å²) in [7, 11) is 0. The van der Waals surface area contributed by atoms with Gasteiger partial charge in [-0.15, -0.1) is 11.3 Å². The highest BCUT2D eigenvalue weighted by Gasteiger charge is 2.38. The lowest BCUT2D eigenvalue weighted by Gasteiger charge is -2.30. The van der Waals surface area contributed by atoms with Crippen LogP contribution in [0.25, 0.3) is 10.2 Å². The Kier molecular flexibility index (Phi) is 6.82. The zero-order valence-corrected chi connectivity index (χ0v) is 24.0. The molecule has 0 unspecified atom stereocenters. The van der Waals surface area contributed by atoms with Gasteiger partial charge in [0.1, 0.15) is 21.5 Å². The lowest BCUT2D eigenvalue weighted by atomic mass is 10.1. The van der Waals surface area contributed by atoms with E-state index in [1.54, 1.807) is 12.1 Å². The van der Waals surface area contributed by atoms with Crippen LogP contribution in [0.5, 0.6) is 11.5 Å². The molecule has 0 radical (unpaired) electrons. The molecule has 10 nitrogen and oxygen atoms in total. The molecule has 0 aliphatic carbocycles. The summed E-state index contributed by atoms with van der Waals surface area (Å²) >= 11 is 7.70. The molecule has 4 aromatic rings. The molecule has 3 aliphatic heterocycles. The monoisotopic (exact) mass is 600 g/mol. The van der Waals surface area contributed by atoms with Crippen LogP contribution >= 0.6 is 22.9 Å². The number of halogens is 1. The number of fused-ring (bicyclic) bond motifs is 1. The van der Waals surface area contributed by atoms with Crippen LogP contribution in [0.2, 0.25) is 5.02 Å². The molecule has 3 amide bonds. The first-order valence-electron chi connectivity index (χ1n) is 13.7. The standard InChI is InChI=1S/C30H25ClN6O4S/c31-20-8-9-21-26(41-16-40-21)25(20)37-24-18(14-32)15-33-29-22(24)23(35-30(37)39)27(42-29)28(38)34-19-6-4-17(5-7-19)10-13-36-11-2-1-3-12-36/h4-9,15H,1-3,10-13,16H2,(H,34,38)(H,35,39). The van der Waals surface area contributed by atoms with Crippen molar-refractivity contribution in [3.8, 4) is 17.6 Å². The van der Waals surface area contributed by atoms with Gasteiger partial charge < -0.3 is 25.0 Å². The van der Waals surface area contributed by atoms with E-state index >= 15 is 0 Å². The number of amides is 3. The predicted molar refractivity (Wildman–Crippen MR) is 161 cm³/mol. The Morgan fingerprint density at radius 1 is 1.12 bits per heavy atom. The van der Waals surface area contributed by atoms with E-state index in [4.69, 9.17) is 21.1 Å². The van der Waals surface area contributed by atoms with Crippen LogP contribution in [0.1, 0.15) is 40.1 Å². The van der Waals surface area contributed by atoms with Crippen molar-refractivity contribution in [1.82, 2.24) is 9.88 Å². The van der Waals surface area contributed by atoms with Gasteiger partial charge in [0.15, 0.2) is 11.5 Å². The second kappa shape index (κ2) is 10.8. The van der Waals surface area contributed by atoms with Crippen molar-refractivity contribution in [3.05, 3.63) is 63.6 Å². The van der Waals surface area contributed by atoms with Gasteiger partial charge in [0.05, 0.1) is 27.3 Å². The minimum Gasteiger partial charge on any atom is -0.454 e. The van der Waals surface area contributed by atoms with Crippen molar-refractivity contribution in [2.45, 2.75) is 25.7 Å². The van der Waals surface area contributed by atoms with Crippen molar-refractivity contribution < 1.29 is 19.1 Å². The van der Waals surface area contributed by atoms with Gasteiger partial charge in [0.2, 0.25) is 6.79 Å². The molecule has 0 spiro atoms. The van der Waals surface area contributed by atoms with E-state index in [9.17, 15) is 14.9 Å². The number of nitriles is 1. The summed E-state index contributed by atoms with van der Waals surface area (Å²) in [5, 5.41) is 16.5. The van der Waals surface area contributed by atoms with E-state index in [2.05, 4.69) is 26.6 Å². The van der Waals surface area contributed by atoms with Gasteiger partial charge in [-0.05, 0) is 62.2 Å². The van der Waals surface area contributed by atoms with Crippen molar-refractivity contribution in [2.24, 2.45) is 0 Å². The number of anilines is 4. The second-order valence-electron chi connectivity index (χ2n) is 10.3.